The lowest BCUT2D eigenvalue weighted by molar-refractivity contribution is 0.281. The van der Waals surface area contributed by atoms with Gasteiger partial charge in [0.25, 0.3) is 0 Å². The Hall–Kier alpha value is -1.09. The highest BCUT2D eigenvalue weighted by molar-refractivity contribution is 5.48. The molecule has 1 aliphatic heterocycles. The van der Waals surface area contributed by atoms with Crippen LogP contribution in [0.2, 0.25) is 0 Å². The third-order valence-corrected chi connectivity index (χ3v) is 3.36. The Morgan fingerprint density at radius 3 is 2.94 bits per heavy atom. The van der Waals surface area contributed by atoms with Crippen molar-refractivity contribution in [2.24, 2.45) is 0 Å². The first-order valence-electron chi connectivity index (χ1n) is 6.05. The van der Waals surface area contributed by atoms with Gasteiger partial charge in [-0.05, 0) is 50.3 Å². The minimum atomic E-state index is 0.0731. The smallest absolute Gasteiger partial charge is 0.131 e. The molecule has 2 rings (SSSR count). The average Bonchev–Trinajstić information content (AvgIpc) is 2.30. The molecular weight excluding hydrogens is 200 g/mol. The van der Waals surface area contributed by atoms with Crippen molar-refractivity contribution in [1.82, 2.24) is 4.98 Å². The summed E-state index contributed by atoms with van der Waals surface area (Å²) in [4.78, 5) is 6.88. The minimum absolute atomic E-state index is 0.0731. The van der Waals surface area contributed by atoms with Crippen LogP contribution in [0.1, 0.15) is 37.3 Å². The standard InChI is InChI=1S/C13H20N2O/c1-10-7-12(9-16)8-14-13(10)15-6-4-3-5-11(15)2/h7-8,11,16H,3-6,9H2,1-2H3. The van der Waals surface area contributed by atoms with Gasteiger partial charge in [-0.25, -0.2) is 4.98 Å². The van der Waals surface area contributed by atoms with E-state index < -0.39 is 0 Å². The summed E-state index contributed by atoms with van der Waals surface area (Å²) in [6.07, 6.45) is 5.62. The summed E-state index contributed by atoms with van der Waals surface area (Å²) in [5.41, 5.74) is 2.06. The van der Waals surface area contributed by atoms with E-state index in [-0.39, 0.29) is 6.61 Å². The van der Waals surface area contributed by atoms with Crippen molar-refractivity contribution >= 4 is 5.82 Å². The minimum Gasteiger partial charge on any atom is -0.392 e. The number of aromatic nitrogens is 1. The highest BCUT2D eigenvalue weighted by Crippen LogP contribution is 2.25. The van der Waals surface area contributed by atoms with Crippen molar-refractivity contribution in [3.05, 3.63) is 23.4 Å². The molecule has 1 unspecified atom stereocenters. The van der Waals surface area contributed by atoms with Gasteiger partial charge >= 0.3 is 0 Å². The highest BCUT2D eigenvalue weighted by Gasteiger charge is 2.20. The number of pyridine rings is 1. The first-order valence-corrected chi connectivity index (χ1v) is 6.05. The predicted octanol–water partition coefficient (Wildman–Crippen LogP) is 2.26. The van der Waals surface area contributed by atoms with Crippen molar-refractivity contribution < 1.29 is 5.11 Å². The molecule has 1 aromatic rings. The van der Waals surface area contributed by atoms with Crippen molar-refractivity contribution in [1.29, 1.82) is 0 Å². The third-order valence-electron chi connectivity index (χ3n) is 3.36. The molecule has 0 amide bonds. The molecule has 0 radical (unpaired) electrons. The van der Waals surface area contributed by atoms with Crippen LogP contribution in [0.25, 0.3) is 0 Å². The summed E-state index contributed by atoms with van der Waals surface area (Å²) < 4.78 is 0. The summed E-state index contributed by atoms with van der Waals surface area (Å²) >= 11 is 0. The van der Waals surface area contributed by atoms with Gasteiger partial charge in [0, 0.05) is 18.8 Å². The van der Waals surface area contributed by atoms with Crippen LogP contribution in [0.4, 0.5) is 5.82 Å². The summed E-state index contributed by atoms with van der Waals surface area (Å²) in [6.45, 7) is 5.51. The lowest BCUT2D eigenvalue weighted by Gasteiger charge is -2.35. The molecular formula is C13H20N2O. The maximum Gasteiger partial charge on any atom is 0.131 e. The van der Waals surface area contributed by atoms with E-state index >= 15 is 0 Å². The van der Waals surface area contributed by atoms with Crippen LogP contribution >= 0.6 is 0 Å². The summed E-state index contributed by atoms with van der Waals surface area (Å²) in [7, 11) is 0. The van der Waals surface area contributed by atoms with Crippen LogP contribution in [0, 0.1) is 6.92 Å². The summed E-state index contributed by atoms with van der Waals surface area (Å²) in [6, 6.07) is 2.61. The SMILES string of the molecule is Cc1cc(CO)cnc1N1CCCCC1C. The van der Waals surface area contributed by atoms with E-state index in [0.29, 0.717) is 6.04 Å². The maximum absolute atomic E-state index is 9.06. The lowest BCUT2D eigenvalue weighted by atomic mass is 10.0. The summed E-state index contributed by atoms with van der Waals surface area (Å²) in [5.74, 6) is 1.09. The fourth-order valence-corrected chi connectivity index (χ4v) is 2.43. The fraction of sp³-hybridized carbons (Fsp3) is 0.615. The quantitative estimate of drug-likeness (QED) is 0.830. The lowest BCUT2D eigenvalue weighted by Crippen LogP contribution is -2.38. The van der Waals surface area contributed by atoms with E-state index in [9.17, 15) is 0 Å². The van der Waals surface area contributed by atoms with Crippen LogP contribution in [0.15, 0.2) is 12.3 Å². The van der Waals surface area contributed by atoms with Crippen molar-refractivity contribution in [3.8, 4) is 0 Å². The van der Waals surface area contributed by atoms with E-state index in [1.807, 2.05) is 6.07 Å². The zero-order valence-electron chi connectivity index (χ0n) is 10.1. The first kappa shape index (κ1) is 11.4. The highest BCUT2D eigenvalue weighted by atomic mass is 16.3. The molecule has 1 atom stereocenters. The van der Waals surface area contributed by atoms with Crippen LogP contribution in [0.3, 0.4) is 0 Å². The second-order valence-corrected chi connectivity index (χ2v) is 4.68. The van der Waals surface area contributed by atoms with Crippen LogP contribution in [-0.4, -0.2) is 22.7 Å². The van der Waals surface area contributed by atoms with E-state index in [0.717, 1.165) is 17.9 Å². The number of nitrogens with zero attached hydrogens (tertiary/aromatic N) is 2. The fourth-order valence-electron chi connectivity index (χ4n) is 2.43. The molecule has 0 spiro atoms. The Bertz CT molecular complexity index is 365. The number of aliphatic hydroxyl groups is 1. The molecule has 2 heterocycles. The van der Waals surface area contributed by atoms with E-state index in [1.165, 1.54) is 24.8 Å². The Balaban J connectivity index is 2.25. The van der Waals surface area contributed by atoms with Gasteiger partial charge in [-0.2, -0.15) is 0 Å². The molecule has 0 aliphatic carbocycles. The molecule has 0 bridgehead atoms. The van der Waals surface area contributed by atoms with Gasteiger partial charge in [0.2, 0.25) is 0 Å². The number of piperidine rings is 1. The maximum atomic E-state index is 9.06. The second kappa shape index (κ2) is 4.83. The van der Waals surface area contributed by atoms with Gasteiger partial charge < -0.3 is 10.0 Å². The van der Waals surface area contributed by atoms with E-state index in [4.69, 9.17) is 5.11 Å². The number of hydrogen-bond acceptors (Lipinski definition) is 3. The van der Waals surface area contributed by atoms with Gasteiger partial charge in [-0.15, -0.1) is 0 Å². The molecule has 88 valence electrons. The van der Waals surface area contributed by atoms with Crippen LogP contribution in [0.5, 0.6) is 0 Å². The van der Waals surface area contributed by atoms with Crippen LogP contribution < -0.4 is 4.90 Å². The van der Waals surface area contributed by atoms with Crippen molar-refractivity contribution in [2.75, 3.05) is 11.4 Å². The topological polar surface area (TPSA) is 36.4 Å². The number of anilines is 1. The van der Waals surface area contributed by atoms with Gasteiger partial charge in [-0.1, -0.05) is 0 Å². The Kier molecular flexibility index (Phi) is 3.44. The van der Waals surface area contributed by atoms with Crippen LogP contribution in [-0.2, 0) is 6.61 Å². The Morgan fingerprint density at radius 1 is 1.50 bits per heavy atom. The number of rotatable bonds is 2. The molecule has 1 aliphatic rings. The van der Waals surface area contributed by atoms with Gasteiger partial charge in [0.05, 0.1) is 6.61 Å². The monoisotopic (exact) mass is 220 g/mol. The summed E-state index contributed by atoms with van der Waals surface area (Å²) in [5, 5.41) is 9.06. The van der Waals surface area contributed by atoms with Gasteiger partial charge in [0.1, 0.15) is 5.82 Å². The molecule has 3 heteroatoms. The number of aliphatic hydroxyl groups excluding tert-OH is 1. The molecule has 0 saturated carbocycles. The molecule has 16 heavy (non-hydrogen) atoms. The average molecular weight is 220 g/mol. The van der Waals surface area contributed by atoms with Crippen molar-refractivity contribution in [3.63, 3.8) is 0 Å². The van der Waals surface area contributed by atoms with E-state index in [2.05, 4.69) is 23.7 Å². The van der Waals surface area contributed by atoms with Gasteiger partial charge in [-0.3, -0.25) is 0 Å². The predicted molar refractivity (Wildman–Crippen MR) is 65.6 cm³/mol. The van der Waals surface area contributed by atoms with Gasteiger partial charge in [0.15, 0.2) is 0 Å². The third kappa shape index (κ3) is 2.19. The molecule has 1 aromatic heterocycles. The zero-order valence-corrected chi connectivity index (χ0v) is 10.1. The molecule has 1 N–H and O–H groups in total. The molecule has 3 nitrogen and oxygen atoms in total. The Labute approximate surface area is 97.1 Å². The number of aryl methyl sites for hydroxylation is 1. The number of hydrogen-bond donors (Lipinski definition) is 1. The van der Waals surface area contributed by atoms with E-state index in [1.54, 1.807) is 6.20 Å². The van der Waals surface area contributed by atoms with Crippen molar-refractivity contribution in [2.45, 2.75) is 45.8 Å². The molecule has 1 fully saturated rings. The first-order chi connectivity index (χ1) is 7.72. The Morgan fingerprint density at radius 2 is 2.31 bits per heavy atom. The normalized spacial score (nSPS) is 21.2. The zero-order chi connectivity index (χ0) is 11.5. The molecule has 0 aromatic carbocycles. The largest absolute Gasteiger partial charge is 0.392 e. The molecule has 1 saturated heterocycles. The second-order valence-electron chi connectivity index (χ2n) is 4.68.